The van der Waals surface area contributed by atoms with Crippen LogP contribution in [0.3, 0.4) is 0 Å². The number of ether oxygens (including phenoxy) is 1. The van der Waals surface area contributed by atoms with Crippen molar-refractivity contribution in [2.45, 2.75) is 19.9 Å². The molecule has 1 fully saturated rings. The van der Waals surface area contributed by atoms with Gasteiger partial charge in [0.1, 0.15) is 11.9 Å². The van der Waals surface area contributed by atoms with Crippen LogP contribution >= 0.6 is 0 Å². The molecule has 0 spiro atoms. The summed E-state index contributed by atoms with van der Waals surface area (Å²) in [5.41, 5.74) is 2.78. The van der Waals surface area contributed by atoms with Gasteiger partial charge in [-0.1, -0.05) is 17.7 Å². The quantitative estimate of drug-likeness (QED) is 0.920. The number of hydrogen-bond donors (Lipinski definition) is 1. The van der Waals surface area contributed by atoms with E-state index in [0.29, 0.717) is 25.3 Å². The van der Waals surface area contributed by atoms with Crippen LogP contribution in [-0.4, -0.2) is 40.5 Å². The number of aromatic nitrogens is 2. The SMILES string of the molecule is Cc1cccc(C(=O)N2CCOCC2c2ncc(C)[nH]2)c1. The number of hydrogen-bond acceptors (Lipinski definition) is 3. The van der Waals surface area contributed by atoms with Crippen LogP contribution in [0.2, 0.25) is 0 Å². The molecule has 0 aliphatic carbocycles. The molecule has 1 aromatic heterocycles. The summed E-state index contributed by atoms with van der Waals surface area (Å²) >= 11 is 0. The smallest absolute Gasteiger partial charge is 0.254 e. The Balaban J connectivity index is 1.89. The zero-order valence-corrected chi connectivity index (χ0v) is 12.3. The maximum Gasteiger partial charge on any atom is 0.254 e. The van der Waals surface area contributed by atoms with Gasteiger partial charge in [-0.25, -0.2) is 4.98 Å². The number of aromatic amines is 1. The van der Waals surface area contributed by atoms with Crippen LogP contribution in [0.4, 0.5) is 0 Å². The summed E-state index contributed by atoms with van der Waals surface area (Å²) in [6.07, 6.45) is 1.78. The average molecular weight is 285 g/mol. The molecule has 110 valence electrons. The zero-order valence-electron chi connectivity index (χ0n) is 12.3. The molecule has 1 aliphatic heterocycles. The van der Waals surface area contributed by atoms with Crippen molar-refractivity contribution < 1.29 is 9.53 Å². The number of rotatable bonds is 2. The molecular formula is C16H19N3O2. The maximum absolute atomic E-state index is 12.8. The Morgan fingerprint density at radius 1 is 1.43 bits per heavy atom. The highest BCUT2D eigenvalue weighted by Gasteiger charge is 2.31. The summed E-state index contributed by atoms with van der Waals surface area (Å²) in [5, 5.41) is 0. The minimum absolute atomic E-state index is 0.0288. The largest absolute Gasteiger partial charge is 0.377 e. The molecule has 0 bridgehead atoms. The van der Waals surface area contributed by atoms with Crippen molar-refractivity contribution in [3.8, 4) is 0 Å². The highest BCUT2D eigenvalue weighted by molar-refractivity contribution is 5.94. The van der Waals surface area contributed by atoms with E-state index >= 15 is 0 Å². The van der Waals surface area contributed by atoms with Crippen molar-refractivity contribution in [3.63, 3.8) is 0 Å². The number of carbonyl (C=O) groups is 1. The third-order valence-electron chi connectivity index (χ3n) is 3.69. The summed E-state index contributed by atoms with van der Waals surface area (Å²) in [6.45, 7) is 5.56. The van der Waals surface area contributed by atoms with Gasteiger partial charge in [0, 0.05) is 24.0 Å². The lowest BCUT2D eigenvalue weighted by atomic mass is 10.1. The molecule has 5 heteroatoms. The minimum atomic E-state index is -0.152. The third-order valence-corrected chi connectivity index (χ3v) is 3.69. The Bertz CT molecular complexity index is 650. The van der Waals surface area contributed by atoms with Crippen molar-refractivity contribution in [2.24, 2.45) is 0 Å². The van der Waals surface area contributed by atoms with Gasteiger partial charge in [-0.3, -0.25) is 4.79 Å². The lowest BCUT2D eigenvalue weighted by Crippen LogP contribution is -2.43. The van der Waals surface area contributed by atoms with Gasteiger partial charge >= 0.3 is 0 Å². The number of carbonyl (C=O) groups excluding carboxylic acids is 1. The maximum atomic E-state index is 12.8. The number of aryl methyl sites for hydroxylation is 2. The van der Waals surface area contributed by atoms with Gasteiger partial charge in [0.15, 0.2) is 0 Å². The molecule has 1 N–H and O–H groups in total. The monoisotopic (exact) mass is 285 g/mol. The molecule has 1 aliphatic rings. The van der Waals surface area contributed by atoms with Crippen LogP contribution in [0.1, 0.15) is 33.5 Å². The van der Waals surface area contributed by atoms with E-state index < -0.39 is 0 Å². The molecule has 1 atom stereocenters. The first-order valence-electron chi connectivity index (χ1n) is 7.12. The summed E-state index contributed by atoms with van der Waals surface area (Å²) in [6, 6.07) is 7.52. The molecule has 0 radical (unpaired) electrons. The van der Waals surface area contributed by atoms with E-state index in [1.54, 1.807) is 6.20 Å². The summed E-state index contributed by atoms with van der Waals surface area (Å²) in [7, 11) is 0. The number of morpholine rings is 1. The first kappa shape index (κ1) is 13.8. The third kappa shape index (κ3) is 2.83. The van der Waals surface area contributed by atoms with Crippen LogP contribution in [0.5, 0.6) is 0 Å². The Kier molecular flexibility index (Phi) is 3.75. The van der Waals surface area contributed by atoms with Crippen LogP contribution in [0.25, 0.3) is 0 Å². The summed E-state index contributed by atoms with van der Waals surface area (Å²) < 4.78 is 5.53. The molecule has 1 unspecified atom stereocenters. The van der Waals surface area contributed by atoms with Crippen molar-refractivity contribution in [2.75, 3.05) is 19.8 Å². The highest BCUT2D eigenvalue weighted by atomic mass is 16.5. The normalized spacial score (nSPS) is 18.8. The predicted molar refractivity (Wildman–Crippen MR) is 79.1 cm³/mol. The van der Waals surface area contributed by atoms with Gasteiger partial charge < -0.3 is 14.6 Å². The molecule has 1 saturated heterocycles. The fraction of sp³-hybridized carbons (Fsp3) is 0.375. The highest BCUT2D eigenvalue weighted by Crippen LogP contribution is 2.24. The van der Waals surface area contributed by atoms with Gasteiger partial charge in [0.2, 0.25) is 0 Å². The van der Waals surface area contributed by atoms with E-state index in [1.807, 2.05) is 43.0 Å². The second kappa shape index (κ2) is 5.69. The standard InChI is InChI=1S/C16H19N3O2/c1-11-4-3-5-13(8-11)16(20)19-6-7-21-10-14(19)15-17-9-12(2)18-15/h3-5,8-9,14H,6-7,10H2,1-2H3,(H,17,18). The lowest BCUT2D eigenvalue weighted by Gasteiger charge is -2.34. The van der Waals surface area contributed by atoms with E-state index in [-0.39, 0.29) is 11.9 Å². The second-order valence-electron chi connectivity index (χ2n) is 5.41. The number of H-pyrrole nitrogens is 1. The van der Waals surface area contributed by atoms with E-state index in [4.69, 9.17) is 4.74 Å². The number of imidazole rings is 1. The number of nitrogens with zero attached hydrogens (tertiary/aromatic N) is 2. The van der Waals surface area contributed by atoms with Gasteiger partial charge in [-0.2, -0.15) is 0 Å². The van der Waals surface area contributed by atoms with Crippen LogP contribution in [0, 0.1) is 13.8 Å². The molecule has 0 saturated carbocycles. The average Bonchev–Trinajstić information content (AvgIpc) is 2.93. The number of amides is 1. The molecule has 3 rings (SSSR count). The van der Waals surface area contributed by atoms with E-state index in [9.17, 15) is 4.79 Å². The lowest BCUT2D eigenvalue weighted by molar-refractivity contribution is -0.00501. The Morgan fingerprint density at radius 3 is 3.00 bits per heavy atom. The van der Waals surface area contributed by atoms with E-state index in [2.05, 4.69) is 9.97 Å². The second-order valence-corrected chi connectivity index (χ2v) is 5.41. The first-order chi connectivity index (χ1) is 10.1. The molecule has 2 aromatic rings. The number of nitrogens with one attached hydrogen (secondary N) is 1. The van der Waals surface area contributed by atoms with Gasteiger partial charge in [0.25, 0.3) is 5.91 Å². The first-order valence-corrected chi connectivity index (χ1v) is 7.12. The summed E-state index contributed by atoms with van der Waals surface area (Å²) in [4.78, 5) is 22.2. The van der Waals surface area contributed by atoms with Crippen LogP contribution in [-0.2, 0) is 4.74 Å². The molecule has 2 heterocycles. The minimum Gasteiger partial charge on any atom is -0.377 e. The van der Waals surface area contributed by atoms with Gasteiger partial charge in [-0.05, 0) is 26.0 Å². The molecule has 5 nitrogen and oxygen atoms in total. The van der Waals surface area contributed by atoms with E-state index in [1.165, 1.54) is 0 Å². The predicted octanol–water partition coefficient (Wildman–Crippen LogP) is 2.24. The fourth-order valence-corrected chi connectivity index (χ4v) is 2.62. The van der Waals surface area contributed by atoms with Crippen molar-refractivity contribution in [3.05, 3.63) is 53.1 Å². The van der Waals surface area contributed by atoms with Crippen LogP contribution in [0.15, 0.2) is 30.5 Å². The van der Waals surface area contributed by atoms with E-state index in [0.717, 1.165) is 17.1 Å². The molecule has 1 aromatic carbocycles. The van der Waals surface area contributed by atoms with Gasteiger partial charge in [-0.15, -0.1) is 0 Å². The Labute approximate surface area is 124 Å². The Morgan fingerprint density at radius 2 is 2.29 bits per heavy atom. The number of benzene rings is 1. The fourth-order valence-electron chi connectivity index (χ4n) is 2.62. The van der Waals surface area contributed by atoms with Crippen molar-refractivity contribution in [1.82, 2.24) is 14.9 Å². The molecule has 21 heavy (non-hydrogen) atoms. The van der Waals surface area contributed by atoms with Gasteiger partial charge in [0.05, 0.1) is 13.2 Å². The Hall–Kier alpha value is -2.14. The van der Waals surface area contributed by atoms with Crippen molar-refractivity contribution in [1.29, 1.82) is 0 Å². The van der Waals surface area contributed by atoms with Crippen molar-refractivity contribution >= 4 is 5.91 Å². The topological polar surface area (TPSA) is 58.2 Å². The summed E-state index contributed by atoms with van der Waals surface area (Å²) in [5.74, 6) is 0.814. The molecule has 1 amide bonds. The zero-order chi connectivity index (χ0) is 14.8. The molecular weight excluding hydrogens is 266 g/mol. The van der Waals surface area contributed by atoms with Crippen LogP contribution < -0.4 is 0 Å².